The molecule has 0 atom stereocenters. The molecular weight excluding hydrogens is 298 g/mol. The van der Waals surface area contributed by atoms with E-state index in [1.807, 2.05) is 78.9 Å². The van der Waals surface area contributed by atoms with Gasteiger partial charge in [-0.1, -0.05) is 48.5 Å². The fourth-order valence-corrected chi connectivity index (χ4v) is 2.38. The van der Waals surface area contributed by atoms with E-state index in [4.69, 9.17) is 0 Å². The summed E-state index contributed by atoms with van der Waals surface area (Å²) < 4.78 is 0. The number of fused-ring (bicyclic) bond motifs is 1. The Hall–Kier alpha value is -3.47. The van der Waals surface area contributed by atoms with Crippen molar-refractivity contribution in [3.05, 3.63) is 84.4 Å². The Morgan fingerprint density at radius 1 is 0.792 bits per heavy atom. The van der Waals surface area contributed by atoms with E-state index in [1.54, 1.807) is 11.0 Å². The average Bonchev–Trinajstić information content (AvgIpc) is 3.07. The average molecular weight is 313 g/mol. The van der Waals surface area contributed by atoms with Crippen molar-refractivity contribution in [3.8, 4) is 5.69 Å². The van der Waals surface area contributed by atoms with Crippen LogP contribution in [-0.4, -0.2) is 21.2 Å². The zero-order valence-electron chi connectivity index (χ0n) is 12.9. The monoisotopic (exact) mass is 313 g/mol. The predicted molar refractivity (Wildman–Crippen MR) is 96.5 cm³/mol. The Morgan fingerprint density at radius 3 is 2.29 bits per heavy atom. The molecule has 5 nitrogen and oxygen atoms in total. The molecule has 0 radical (unpaired) electrons. The summed E-state index contributed by atoms with van der Waals surface area (Å²) in [5.41, 5.74) is 7.54. The third-order valence-electron chi connectivity index (χ3n) is 3.57. The number of para-hydroxylation sites is 1. The van der Waals surface area contributed by atoms with Crippen LogP contribution in [-0.2, 0) is 0 Å². The third kappa shape index (κ3) is 3.01. The first kappa shape index (κ1) is 14.1. The summed E-state index contributed by atoms with van der Waals surface area (Å²) in [6.07, 6.45) is 1.78. The molecule has 4 rings (SSSR count). The Balaban J connectivity index is 1.56. The standard InChI is InChI=1S/C19H15N5/c1-3-7-15(8-4-1)14-20-21-16-11-12-18-19(13-16)23-24(22-18)17-9-5-2-6-10-17/h1-14,21H/b20-14-. The van der Waals surface area contributed by atoms with Gasteiger partial charge in [0.1, 0.15) is 11.0 Å². The highest BCUT2D eigenvalue weighted by atomic mass is 15.5. The molecule has 1 N–H and O–H groups in total. The second-order valence-electron chi connectivity index (χ2n) is 5.31. The molecule has 1 heterocycles. The zero-order chi connectivity index (χ0) is 16.2. The van der Waals surface area contributed by atoms with Crippen LogP contribution in [0.3, 0.4) is 0 Å². The summed E-state index contributed by atoms with van der Waals surface area (Å²) in [7, 11) is 0. The maximum atomic E-state index is 4.52. The lowest BCUT2D eigenvalue weighted by Gasteiger charge is -1.98. The lowest BCUT2D eigenvalue weighted by molar-refractivity contribution is 0.766. The van der Waals surface area contributed by atoms with Gasteiger partial charge >= 0.3 is 0 Å². The second kappa shape index (κ2) is 6.34. The van der Waals surface area contributed by atoms with Gasteiger partial charge in [0.05, 0.1) is 17.6 Å². The van der Waals surface area contributed by atoms with Gasteiger partial charge in [0, 0.05) is 0 Å². The first-order valence-electron chi connectivity index (χ1n) is 7.65. The molecule has 24 heavy (non-hydrogen) atoms. The van der Waals surface area contributed by atoms with Crippen LogP contribution in [0.2, 0.25) is 0 Å². The van der Waals surface area contributed by atoms with Crippen LogP contribution in [0.1, 0.15) is 5.56 Å². The third-order valence-corrected chi connectivity index (χ3v) is 3.57. The minimum Gasteiger partial charge on any atom is -0.278 e. The number of hydrogen-bond acceptors (Lipinski definition) is 4. The highest BCUT2D eigenvalue weighted by Gasteiger charge is 2.04. The minimum absolute atomic E-state index is 0.818. The van der Waals surface area contributed by atoms with Crippen molar-refractivity contribution in [1.82, 2.24) is 15.0 Å². The quantitative estimate of drug-likeness (QED) is 0.460. The summed E-state index contributed by atoms with van der Waals surface area (Å²) in [6.45, 7) is 0. The number of nitrogens with one attached hydrogen (secondary N) is 1. The van der Waals surface area contributed by atoms with Crippen molar-refractivity contribution < 1.29 is 0 Å². The number of hydrazone groups is 1. The highest BCUT2D eigenvalue weighted by molar-refractivity contribution is 5.81. The summed E-state index contributed by atoms with van der Waals surface area (Å²) in [6, 6.07) is 25.6. The first-order chi connectivity index (χ1) is 11.9. The molecule has 0 saturated carbocycles. The van der Waals surface area contributed by atoms with E-state index >= 15 is 0 Å². The number of hydrogen-bond donors (Lipinski definition) is 1. The van der Waals surface area contributed by atoms with Gasteiger partial charge in [-0.2, -0.15) is 9.90 Å². The molecule has 0 amide bonds. The summed E-state index contributed by atoms with van der Waals surface area (Å²) in [5, 5.41) is 13.3. The normalized spacial score (nSPS) is 11.2. The van der Waals surface area contributed by atoms with Crippen molar-refractivity contribution in [2.24, 2.45) is 5.10 Å². The van der Waals surface area contributed by atoms with Crippen LogP contribution >= 0.6 is 0 Å². The fourth-order valence-electron chi connectivity index (χ4n) is 2.38. The molecule has 0 unspecified atom stereocenters. The van der Waals surface area contributed by atoms with Crippen LogP contribution in [0.15, 0.2) is 84.0 Å². The van der Waals surface area contributed by atoms with Crippen LogP contribution in [0.25, 0.3) is 16.7 Å². The SMILES string of the molecule is C(=N/Nc1ccc2nn(-c3ccccc3)nc2c1)/c1ccccc1. The molecule has 5 heteroatoms. The smallest absolute Gasteiger partial charge is 0.115 e. The first-order valence-corrected chi connectivity index (χ1v) is 7.65. The van der Waals surface area contributed by atoms with Crippen molar-refractivity contribution in [1.29, 1.82) is 0 Å². The van der Waals surface area contributed by atoms with Gasteiger partial charge in [-0.3, -0.25) is 5.43 Å². The molecule has 0 aliphatic carbocycles. The van der Waals surface area contributed by atoms with Gasteiger partial charge < -0.3 is 0 Å². The molecule has 0 aliphatic heterocycles. The van der Waals surface area contributed by atoms with Crippen molar-refractivity contribution in [2.45, 2.75) is 0 Å². The predicted octanol–water partition coefficient (Wildman–Crippen LogP) is 3.87. The van der Waals surface area contributed by atoms with Crippen LogP contribution < -0.4 is 5.43 Å². The van der Waals surface area contributed by atoms with E-state index in [1.165, 1.54) is 0 Å². The van der Waals surface area contributed by atoms with Gasteiger partial charge in [0.15, 0.2) is 0 Å². The fraction of sp³-hybridized carbons (Fsp3) is 0. The maximum absolute atomic E-state index is 4.52. The lowest BCUT2D eigenvalue weighted by atomic mass is 10.2. The number of anilines is 1. The summed E-state index contributed by atoms with van der Waals surface area (Å²) in [4.78, 5) is 1.64. The van der Waals surface area contributed by atoms with E-state index in [-0.39, 0.29) is 0 Å². The molecule has 0 aliphatic rings. The van der Waals surface area contributed by atoms with Crippen molar-refractivity contribution >= 4 is 22.9 Å². The minimum atomic E-state index is 0.818. The van der Waals surface area contributed by atoms with Gasteiger partial charge in [-0.05, 0) is 35.9 Å². The highest BCUT2D eigenvalue weighted by Crippen LogP contribution is 2.17. The molecule has 3 aromatic carbocycles. The van der Waals surface area contributed by atoms with Crippen LogP contribution in [0.4, 0.5) is 5.69 Å². The van der Waals surface area contributed by atoms with Crippen molar-refractivity contribution in [2.75, 3.05) is 5.43 Å². The number of benzene rings is 3. The zero-order valence-corrected chi connectivity index (χ0v) is 12.9. The summed E-state index contributed by atoms with van der Waals surface area (Å²) >= 11 is 0. The maximum Gasteiger partial charge on any atom is 0.115 e. The molecule has 0 fully saturated rings. The van der Waals surface area contributed by atoms with Gasteiger partial charge in [-0.15, -0.1) is 10.2 Å². The molecule has 0 spiro atoms. The Morgan fingerprint density at radius 2 is 1.50 bits per heavy atom. The lowest BCUT2D eigenvalue weighted by Crippen LogP contribution is -1.97. The number of aromatic nitrogens is 3. The summed E-state index contributed by atoms with van der Waals surface area (Å²) in [5.74, 6) is 0. The Kier molecular flexibility index (Phi) is 3.73. The number of rotatable bonds is 4. The van der Waals surface area contributed by atoms with E-state index in [0.717, 1.165) is 28.0 Å². The van der Waals surface area contributed by atoms with E-state index in [0.29, 0.717) is 0 Å². The van der Waals surface area contributed by atoms with E-state index in [2.05, 4.69) is 20.7 Å². The molecule has 4 aromatic rings. The van der Waals surface area contributed by atoms with Crippen molar-refractivity contribution in [3.63, 3.8) is 0 Å². The van der Waals surface area contributed by atoms with E-state index < -0.39 is 0 Å². The van der Waals surface area contributed by atoms with Crippen LogP contribution in [0.5, 0.6) is 0 Å². The van der Waals surface area contributed by atoms with Crippen LogP contribution in [0, 0.1) is 0 Å². The Bertz CT molecular complexity index is 975. The second-order valence-corrected chi connectivity index (χ2v) is 5.31. The van der Waals surface area contributed by atoms with Gasteiger partial charge in [0.2, 0.25) is 0 Å². The number of nitrogens with zero attached hydrogens (tertiary/aromatic N) is 4. The van der Waals surface area contributed by atoms with Gasteiger partial charge in [0.25, 0.3) is 0 Å². The molecule has 116 valence electrons. The largest absolute Gasteiger partial charge is 0.278 e. The molecule has 0 saturated heterocycles. The molecular formula is C19H15N5. The molecule has 0 bridgehead atoms. The molecule has 1 aromatic heterocycles. The van der Waals surface area contributed by atoms with Gasteiger partial charge in [-0.25, -0.2) is 0 Å². The topological polar surface area (TPSA) is 55.1 Å². The Labute approximate surface area is 139 Å². The van der Waals surface area contributed by atoms with E-state index in [9.17, 15) is 0 Å².